The summed E-state index contributed by atoms with van der Waals surface area (Å²) in [7, 11) is 3.57. The van der Waals surface area contributed by atoms with Crippen LogP contribution < -0.4 is 0 Å². The molecule has 29 heavy (non-hydrogen) atoms. The average Bonchev–Trinajstić information content (AvgIpc) is 3.18. The van der Waals surface area contributed by atoms with Gasteiger partial charge < -0.3 is 4.90 Å². The van der Waals surface area contributed by atoms with Crippen molar-refractivity contribution in [3.05, 3.63) is 71.3 Å². The van der Waals surface area contributed by atoms with Crippen LogP contribution in [-0.4, -0.2) is 35.1 Å². The number of amides is 1. The van der Waals surface area contributed by atoms with Crippen molar-refractivity contribution < 1.29 is 4.79 Å². The van der Waals surface area contributed by atoms with Gasteiger partial charge in [0.05, 0.1) is 0 Å². The van der Waals surface area contributed by atoms with Crippen LogP contribution in [0.3, 0.4) is 0 Å². The molecular formula is C22H25N3OS3. The maximum absolute atomic E-state index is 12.7. The summed E-state index contributed by atoms with van der Waals surface area (Å²) in [5, 5.41) is 8.31. The molecule has 1 atom stereocenters. The minimum Gasteiger partial charge on any atom is -0.348 e. The van der Waals surface area contributed by atoms with Crippen LogP contribution in [0.25, 0.3) is 0 Å². The second-order valence-corrected chi connectivity index (χ2v) is 10.7. The monoisotopic (exact) mass is 443 g/mol. The first-order chi connectivity index (χ1) is 13.9. The van der Waals surface area contributed by atoms with Gasteiger partial charge in [-0.05, 0) is 22.6 Å². The predicted molar refractivity (Wildman–Crippen MR) is 124 cm³/mol. The third-order valence-electron chi connectivity index (χ3n) is 4.38. The zero-order valence-electron chi connectivity index (χ0n) is 17.0. The summed E-state index contributed by atoms with van der Waals surface area (Å²) >= 11 is 4.69. The van der Waals surface area contributed by atoms with Gasteiger partial charge in [-0.25, -0.2) is 0 Å². The summed E-state index contributed by atoms with van der Waals surface area (Å²) in [6.07, 6.45) is 0. The summed E-state index contributed by atoms with van der Waals surface area (Å²) in [5.74, 6) is 1.45. The number of carbonyl (C=O) groups is 1. The Balaban J connectivity index is 1.65. The van der Waals surface area contributed by atoms with E-state index < -0.39 is 0 Å². The van der Waals surface area contributed by atoms with Gasteiger partial charge >= 0.3 is 0 Å². The van der Waals surface area contributed by atoms with Crippen LogP contribution in [-0.2, 0) is 10.5 Å². The molecule has 0 spiro atoms. The highest BCUT2D eigenvalue weighted by molar-refractivity contribution is 8.03. The normalized spacial score (nSPS) is 12.2. The zero-order valence-corrected chi connectivity index (χ0v) is 19.5. The third-order valence-corrected chi connectivity index (χ3v) is 7.84. The first-order valence-electron chi connectivity index (χ1n) is 9.42. The Morgan fingerprint density at radius 3 is 2.24 bits per heavy atom. The molecule has 0 radical (unpaired) electrons. The highest BCUT2D eigenvalue weighted by Gasteiger charge is 2.25. The standard InChI is InChI=1S/C22H25N3OS3/c1-15(2)17-12-10-16(11-13-17)14-27-21-23-24-22(29-21)28-19(20(26)25(3)4)18-8-6-5-7-9-18/h5-13,15,19H,14H2,1-4H3. The smallest absolute Gasteiger partial charge is 0.240 e. The van der Waals surface area contributed by atoms with Gasteiger partial charge in [0.15, 0.2) is 8.68 Å². The Hall–Kier alpha value is -1.83. The van der Waals surface area contributed by atoms with E-state index in [4.69, 9.17) is 0 Å². The van der Waals surface area contributed by atoms with Crippen molar-refractivity contribution in [2.45, 2.75) is 39.4 Å². The molecule has 0 saturated heterocycles. The van der Waals surface area contributed by atoms with Crippen molar-refractivity contribution in [1.82, 2.24) is 15.1 Å². The van der Waals surface area contributed by atoms with Crippen LogP contribution in [0.5, 0.6) is 0 Å². The summed E-state index contributed by atoms with van der Waals surface area (Å²) < 4.78 is 1.73. The molecule has 3 aromatic rings. The van der Waals surface area contributed by atoms with Crippen LogP contribution >= 0.6 is 34.9 Å². The molecule has 4 nitrogen and oxygen atoms in total. The van der Waals surface area contributed by atoms with E-state index in [1.165, 1.54) is 22.9 Å². The Morgan fingerprint density at radius 1 is 0.966 bits per heavy atom. The number of hydrogen-bond acceptors (Lipinski definition) is 6. The molecule has 1 unspecified atom stereocenters. The van der Waals surface area contributed by atoms with E-state index in [0.717, 1.165) is 20.0 Å². The number of likely N-dealkylation sites (N-methyl/N-ethyl adjacent to an activating group) is 1. The number of nitrogens with zero attached hydrogens (tertiary/aromatic N) is 3. The fourth-order valence-corrected chi connectivity index (χ4v) is 5.98. The van der Waals surface area contributed by atoms with Crippen LogP contribution in [0, 0.1) is 0 Å². The zero-order chi connectivity index (χ0) is 20.8. The highest BCUT2D eigenvalue weighted by Crippen LogP contribution is 2.39. The van der Waals surface area contributed by atoms with E-state index in [-0.39, 0.29) is 11.2 Å². The second kappa shape index (κ2) is 10.3. The number of benzene rings is 2. The van der Waals surface area contributed by atoms with Crippen LogP contribution in [0.2, 0.25) is 0 Å². The lowest BCUT2D eigenvalue weighted by atomic mass is 10.0. The Morgan fingerprint density at radius 2 is 1.62 bits per heavy atom. The lowest BCUT2D eigenvalue weighted by Gasteiger charge is -2.19. The summed E-state index contributed by atoms with van der Waals surface area (Å²) in [6, 6.07) is 18.6. The van der Waals surface area contributed by atoms with Gasteiger partial charge in [-0.2, -0.15) is 0 Å². The first kappa shape index (κ1) is 21.9. The fraction of sp³-hybridized carbons (Fsp3) is 0.318. The number of hydrogen-bond donors (Lipinski definition) is 0. The van der Waals surface area contributed by atoms with Crippen molar-refractivity contribution in [3.8, 4) is 0 Å². The molecule has 1 amide bonds. The predicted octanol–water partition coefficient (Wildman–Crippen LogP) is 5.88. The van der Waals surface area contributed by atoms with E-state index in [2.05, 4.69) is 48.3 Å². The number of carbonyl (C=O) groups excluding carboxylic acids is 1. The summed E-state index contributed by atoms with van der Waals surface area (Å²) in [5.41, 5.74) is 3.60. The van der Waals surface area contributed by atoms with Gasteiger partial charge in [0.25, 0.3) is 0 Å². The Bertz CT molecular complexity index is 924. The van der Waals surface area contributed by atoms with Crippen molar-refractivity contribution in [2.24, 2.45) is 0 Å². The summed E-state index contributed by atoms with van der Waals surface area (Å²) in [4.78, 5) is 14.3. The molecule has 0 bridgehead atoms. The Labute approximate surface area is 185 Å². The highest BCUT2D eigenvalue weighted by atomic mass is 32.2. The molecule has 1 aromatic heterocycles. The van der Waals surface area contributed by atoms with Crippen molar-refractivity contribution in [2.75, 3.05) is 14.1 Å². The van der Waals surface area contributed by atoms with Gasteiger partial charge in [0.2, 0.25) is 5.91 Å². The molecule has 0 N–H and O–H groups in total. The quantitative estimate of drug-likeness (QED) is 0.407. The van der Waals surface area contributed by atoms with Crippen molar-refractivity contribution in [1.29, 1.82) is 0 Å². The second-order valence-electron chi connectivity index (χ2n) is 7.16. The Kier molecular flexibility index (Phi) is 7.75. The maximum atomic E-state index is 12.7. The van der Waals surface area contributed by atoms with Crippen molar-refractivity contribution >= 4 is 40.8 Å². The van der Waals surface area contributed by atoms with E-state index in [1.54, 1.807) is 42.1 Å². The van der Waals surface area contributed by atoms with Gasteiger partial charge in [0.1, 0.15) is 5.25 Å². The molecule has 0 aliphatic carbocycles. The summed E-state index contributed by atoms with van der Waals surface area (Å²) in [6.45, 7) is 4.40. The maximum Gasteiger partial charge on any atom is 0.240 e. The van der Waals surface area contributed by atoms with E-state index >= 15 is 0 Å². The molecular weight excluding hydrogens is 418 g/mol. The molecule has 1 heterocycles. The number of aromatic nitrogens is 2. The largest absolute Gasteiger partial charge is 0.348 e. The van der Waals surface area contributed by atoms with Crippen molar-refractivity contribution in [3.63, 3.8) is 0 Å². The molecule has 3 rings (SSSR count). The van der Waals surface area contributed by atoms with Gasteiger partial charge in [-0.1, -0.05) is 103 Å². The average molecular weight is 444 g/mol. The molecule has 152 valence electrons. The number of thioether (sulfide) groups is 2. The van der Waals surface area contributed by atoms with Crippen LogP contribution in [0.1, 0.15) is 41.7 Å². The fourth-order valence-electron chi connectivity index (χ4n) is 2.67. The number of rotatable bonds is 8. The first-order valence-corrected chi connectivity index (χ1v) is 12.1. The lowest BCUT2D eigenvalue weighted by molar-refractivity contribution is -0.128. The molecule has 0 fully saturated rings. The minimum absolute atomic E-state index is 0.0517. The molecule has 2 aromatic carbocycles. The van der Waals surface area contributed by atoms with Crippen LogP contribution in [0.15, 0.2) is 63.3 Å². The molecule has 0 saturated carbocycles. The van der Waals surface area contributed by atoms with Gasteiger partial charge in [-0.3, -0.25) is 4.79 Å². The van der Waals surface area contributed by atoms with Crippen LogP contribution in [0.4, 0.5) is 0 Å². The minimum atomic E-state index is -0.319. The van der Waals surface area contributed by atoms with Gasteiger partial charge in [-0.15, -0.1) is 10.2 Å². The molecule has 7 heteroatoms. The van der Waals surface area contributed by atoms with E-state index in [0.29, 0.717) is 5.92 Å². The SMILES string of the molecule is CC(C)c1ccc(CSc2nnc(SC(C(=O)N(C)C)c3ccccc3)s2)cc1. The molecule has 0 aliphatic heterocycles. The van der Waals surface area contributed by atoms with E-state index in [9.17, 15) is 4.79 Å². The lowest BCUT2D eigenvalue weighted by Crippen LogP contribution is -2.26. The third kappa shape index (κ3) is 6.07. The van der Waals surface area contributed by atoms with Gasteiger partial charge in [0, 0.05) is 19.8 Å². The molecule has 0 aliphatic rings. The van der Waals surface area contributed by atoms with E-state index in [1.807, 2.05) is 30.3 Å². The topological polar surface area (TPSA) is 46.1 Å².